The lowest BCUT2D eigenvalue weighted by Gasteiger charge is -2.00. The lowest BCUT2D eigenvalue weighted by Crippen LogP contribution is -2.01. The van der Waals surface area contributed by atoms with Gasteiger partial charge in [-0.2, -0.15) is 8.42 Å². The summed E-state index contributed by atoms with van der Waals surface area (Å²) in [5, 5.41) is 0.202. The number of ether oxygens (including phenoxy) is 1. The molecule has 1 aromatic rings. The van der Waals surface area contributed by atoms with Gasteiger partial charge in [0.15, 0.2) is 5.75 Å². The molecule has 1 aromatic carbocycles. The maximum atomic E-state index is 10.7. The number of para-hydroxylation sites is 1. The highest BCUT2D eigenvalue weighted by Crippen LogP contribution is 2.23. The van der Waals surface area contributed by atoms with Crippen molar-refractivity contribution in [2.24, 2.45) is 4.36 Å². The van der Waals surface area contributed by atoms with Crippen molar-refractivity contribution in [1.29, 1.82) is 0 Å². The van der Waals surface area contributed by atoms with Gasteiger partial charge in [-0.3, -0.25) is 0 Å². The molecule has 0 saturated carbocycles. The number of hydrogen-bond donors (Lipinski definition) is 0. The highest BCUT2D eigenvalue weighted by Gasteiger charge is 2.05. The van der Waals surface area contributed by atoms with Crippen LogP contribution in [0.4, 0.5) is 4.79 Å². The maximum Gasteiger partial charge on any atom is 0.454 e. The van der Waals surface area contributed by atoms with Gasteiger partial charge in [0.1, 0.15) is 0 Å². The molecule has 14 heavy (non-hydrogen) atoms. The van der Waals surface area contributed by atoms with Crippen molar-refractivity contribution in [3.8, 4) is 5.75 Å². The van der Waals surface area contributed by atoms with Crippen LogP contribution in [0.1, 0.15) is 0 Å². The molecule has 0 heterocycles. The van der Waals surface area contributed by atoms with E-state index in [4.69, 9.17) is 11.6 Å². The molecule has 1 rings (SSSR count). The zero-order chi connectivity index (χ0) is 10.6. The molecule has 0 aromatic heterocycles. The van der Waals surface area contributed by atoms with Crippen LogP contribution >= 0.6 is 11.6 Å². The van der Waals surface area contributed by atoms with Gasteiger partial charge < -0.3 is 4.74 Å². The van der Waals surface area contributed by atoms with Crippen molar-refractivity contribution in [3.05, 3.63) is 29.3 Å². The molecule has 0 N–H and O–H groups in total. The fraction of sp³-hybridized carbons (Fsp3) is 0. The van der Waals surface area contributed by atoms with Crippen LogP contribution in [0.2, 0.25) is 5.02 Å². The molecule has 0 fully saturated rings. The van der Waals surface area contributed by atoms with Gasteiger partial charge in [-0.1, -0.05) is 28.1 Å². The van der Waals surface area contributed by atoms with Crippen LogP contribution in [0.3, 0.4) is 0 Å². The molecule has 0 unspecified atom stereocenters. The summed E-state index contributed by atoms with van der Waals surface area (Å²) in [7, 11) is -2.82. The number of halogens is 1. The predicted molar refractivity (Wildman–Crippen MR) is 48.8 cm³/mol. The Morgan fingerprint density at radius 2 is 2.00 bits per heavy atom. The summed E-state index contributed by atoms with van der Waals surface area (Å²) in [5.41, 5.74) is 0. The van der Waals surface area contributed by atoms with Crippen molar-refractivity contribution < 1.29 is 17.9 Å². The Morgan fingerprint density at radius 1 is 1.36 bits per heavy atom. The third kappa shape index (κ3) is 3.15. The highest BCUT2D eigenvalue weighted by atomic mass is 35.5. The van der Waals surface area contributed by atoms with Gasteiger partial charge >= 0.3 is 16.6 Å². The van der Waals surface area contributed by atoms with Gasteiger partial charge in [-0.15, -0.1) is 0 Å². The number of benzene rings is 1. The van der Waals surface area contributed by atoms with E-state index in [9.17, 15) is 13.2 Å². The Balaban J connectivity index is 2.85. The number of nitrogens with zero attached hydrogens (tertiary/aromatic N) is 1. The first-order chi connectivity index (χ1) is 6.59. The van der Waals surface area contributed by atoms with Crippen molar-refractivity contribution in [2.45, 2.75) is 0 Å². The molecule has 1 amide bonds. The molecular weight excluding hydrogens is 230 g/mol. The summed E-state index contributed by atoms with van der Waals surface area (Å²) in [5.74, 6) is 0.0633. The predicted octanol–water partition coefficient (Wildman–Crippen LogP) is 1.90. The third-order valence-corrected chi connectivity index (χ3v) is 1.79. The molecule has 0 radical (unpaired) electrons. The van der Waals surface area contributed by atoms with Gasteiger partial charge in [-0.25, -0.2) is 4.79 Å². The molecule has 0 bridgehead atoms. The first-order valence-corrected chi connectivity index (χ1v) is 4.78. The van der Waals surface area contributed by atoms with E-state index in [0.717, 1.165) is 0 Å². The summed E-state index contributed by atoms with van der Waals surface area (Å²) in [4.78, 5) is 10.7. The van der Waals surface area contributed by atoms with E-state index in [1.807, 2.05) is 0 Å². The molecule has 7 heteroatoms. The fourth-order valence-corrected chi connectivity index (χ4v) is 1.03. The number of amides is 1. The standard InChI is InChI=1S/C7H4ClNO4S/c8-5-3-1-2-4-6(5)13-7(10)9-14(11)12/h1-4H. The number of carbonyl (C=O) groups excluding carboxylic acids is 1. The molecule has 74 valence electrons. The van der Waals surface area contributed by atoms with Gasteiger partial charge in [0.05, 0.1) is 5.02 Å². The second-order valence-electron chi connectivity index (χ2n) is 2.11. The molecule has 0 aliphatic rings. The SMILES string of the molecule is O=C(N=S(=O)=O)Oc1ccccc1Cl. The zero-order valence-electron chi connectivity index (χ0n) is 6.68. The van der Waals surface area contributed by atoms with Crippen molar-refractivity contribution >= 4 is 28.2 Å². The van der Waals surface area contributed by atoms with E-state index in [-0.39, 0.29) is 10.8 Å². The van der Waals surface area contributed by atoms with Crippen LogP contribution in [0.15, 0.2) is 28.6 Å². The Hall–Kier alpha value is -1.40. The van der Waals surface area contributed by atoms with E-state index in [2.05, 4.69) is 9.10 Å². The molecule has 0 spiro atoms. The summed E-state index contributed by atoms with van der Waals surface area (Å²) in [6, 6.07) is 6.15. The van der Waals surface area contributed by atoms with Crippen molar-refractivity contribution in [2.75, 3.05) is 0 Å². The monoisotopic (exact) mass is 233 g/mol. The second kappa shape index (κ2) is 4.73. The quantitative estimate of drug-likeness (QED) is 0.743. The van der Waals surface area contributed by atoms with Crippen LogP contribution in [0.5, 0.6) is 5.75 Å². The van der Waals surface area contributed by atoms with Crippen LogP contribution in [0.25, 0.3) is 0 Å². The van der Waals surface area contributed by atoms with Gasteiger partial charge in [-0.05, 0) is 12.1 Å². The average molecular weight is 234 g/mol. The van der Waals surface area contributed by atoms with Crippen molar-refractivity contribution in [1.82, 2.24) is 0 Å². The summed E-state index contributed by atoms with van der Waals surface area (Å²) >= 11 is 5.63. The fourth-order valence-electron chi connectivity index (χ4n) is 0.701. The first kappa shape index (κ1) is 10.7. The maximum absolute atomic E-state index is 10.7. The minimum atomic E-state index is -2.82. The average Bonchev–Trinajstić information content (AvgIpc) is 2.07. The van der Waals surface area contributed by atoms with Crippen LogP contribution in [-0.4, -0.2) is 14.5 Å². The molecule has 5 nitrogen and oxygen atoms in total. The Morgan fingerprint density at radius 3 is 2.57 bits per heavy atom. The van der Waals surface area contributed by atoms with Crippen LogP contribution in [-0.2, 0) is 10.5 Å². The van der Waals surface area contributed by atoms with Crippen molar-refractivity contribution in [3.63, 3.8) is 0 Å². The number of carbonyl (C=O) groups is 1. The van der Waals surface area contributed by atoms with Gasteiger partial charge in [0.25, 0.3) is 0 Å². The Labute approximate surface area is 86.0 Å². The first-order valence-electron chi connectivity index (χ1n) is 3.37. The highest BCUT2D eigenvalue weighted by molar-refractivity contribution is 7.62. The Kier molecular flexibility index (Phi) is 3.61. The molecule has 0 atom stereocenters. The number of hydrogen-bond acceptors (Lipinski definition) is 4. The largest absolute Gasteiger partial charge is 0.454 e. The van der Waals surface area contributed by atoms with Gasteiger partial charge in [0, 0.05) is 0 Å². The summed E-state index contributed by atoms with van der Waals surface area (Å²) in [6.45, 7) is 0. The van der Waals surface area contributed by atoms with E-state index in [1.165, 1.54) is 12.1 Å². The molecule has 0 saturated heterocycles. The molecule has 0 aliphatic heterocycles. The second-order valence-corrected chi connectivity index (χ2v) is 3.13. The normalized spacial score (nSPS) is 9.21. The minimum absolute atomic E-state index is 0.0633. The topological polar surface area (TPSA) is 72.8 Å². The summed E-state index contributed by atoms with van der Waals surface area (Å²) in [6.07, 6.45) is -1.23. The molecule has 0 aliphatic carbocycles. The smallest absolute Gasteiger partial charge is 0.406 e. The van der Waals surface area contributed by atoms with Crippen LogP contribution < -0.4 is 4.74 Å². The lowest BCUT2D eigenvalue weighted by atomic mass is 10.3. The van der Waals surface area contributed by atoms with E-state index in [1.54, 1.807) is 12.1 Å². The van der Waals surface area contributed by atoms with Crippen LogP contribution in [0, 0.1) is 0 Å². The summed E-state index contributed by atoms with van der Waals surface area (Å²) < 4.78 is 27.1. The lowest BCUT2D eigenvalue weighted by molar-refractivity contribution is 0.212. The zero-order valence-corrected chi connectivity index (χ0v) is 8.25. The Bertz CT molecular complexity index is 474. The van der Waals surface area contributed by atoms with E-state index in [0.29, 0.717) is 0 Å². The minimum Gasteiger partial charge on any atom is -0.406 e. The van der Waals surface area contributed by atoms with Gasteiger partial charge in [0.2, 0.25) is 0 Å². The van der Waals surface area contributed by atoms with E-state index < -0.39 is 16.6 Å². The third-order valence-electron chi connectivity index (χ3n) is 1.18. The number of rotatable bonds is 1. The molecular formula is C7H4ClNO4S. The van der Waals surface area contributed by atoms with E-state index >= 15 is 0 Å².